The summed E-state index contributed by atoms with van der Waals surface area (Å²) in [6, 6.07) is 8.13. The summed E-state index contributed by atoms with van der Waals surface area (Å²) in [4.78, 5) is 18.5. The molecule has 0 radical (unpaired) electrons. The number of para-hydroxylation sites is 2. The number of rotatable bonds is 2. The van der Waals surface area contributed by atoms with Gasteiger partial charge in [0, 0.05) is 20.1 Å². The highest BCUT2D eigenvalue weighted by atomic mass is 16.5. The third-order valence-electron chi connectivity index (χ3n) is 4.08. The van der Waals surface area contributed by atoms with Crippen LogP contribution < -0.4 is 4.90 Å². The van der Waals surface area contributed by atoms with Crippen LogP contribution in [0.25, 0.3) is 11.0 Å². The molecule has 106 valence electrons. The lowest BCUT2D eigenvalue weighted by Gasteiger charge is -2.31. The number of benzene rings is 1. The molecule has 1 aliphatic rings. The zero-order chi connectivity index (χ0) is 14.1. The van der Waals surface area contributed by atoms with Crippen molar-refractivity contribution in [1.82, 2.24) is 9.55 Å². The van der Waals surface area contributed by atoms with Crippen molar-refractivity contribution in [3.05, 3.63) is 24.3 Å². The predicted octanol–water partition coefficient (Wildman–Crippen LogP) is 1.96. The second kappa shape index (κ2) is 5.15. The monoisotopic (exact) mass is 273 g/mol. The molecule has 0 spiro atoms. The van der Waals surface area contributed by atoms with Gasteiger partial charge in [-0.1, -0.05) is 12.1 Å². The number of imidazole rings is 1. The standard InChI is InChI=1S/C15H19N3O2/c1-17-13-6-4-3-5-12(13)16-15(17)18-9-7-11(8-10-18)14(19)20-2/h3-6,11H,7-10H2,1-2H3. The molecular formula is C15H19N3O2. The van der Waals surface area contributed by atoms with E-state index in [1.54, 1.807) is 0 Å². The summed E-state index contributed by atoms with van der Waals surface area (Å²) in [5.41, 5.74) is 2.15. The minimum atomic E-state index is -0.0883. The van der Waals surface area contributed by atoms with Crippen LogP contribution in [0.5, 0.6) is 0 Å². The molecule has 0 saturated carbocycles. The van der Waals surface area contributed by atoms with E-state index in [0.29, 0.717) is 0 Å². The number of aryl methyl sites for hydroxylation is 1. The predicted molar refractivity (Wildman–Crippen MR) is 77.7 cm³/mol. The first-order valence-electron chi connectivity index (χ1n) is 6.95. The third kappa shape index (κ3) is 2.13. The van der Waals surface area contributed by atoms with E-state index < -0.39 is 0 Å². The first kappa shape index (κ1) is 13.0. The zero-order valence-corrected chi connectivity index (χ0v) is 11.9. The number of carbonyl (C=O) groups is 1. The number of ether oxygens (including phenoxy) is 1. The Morgan fingerprint density at radius 3 is 2.65 bits per heavy atom. The third-order valence-corrected chi connectivity index (χ3v) is 4.08. The molecule has 1 aromatic carbocycles. The maximum absolute atomic E-state index is 11.6. The van der Waals surface area contributed by atoms with Gasteiger partial charge in [0.25, 0.3) is 0 Å². The number of fused-ring (bicyclic) bond motifs is 1. The lowest BCUT2D eigenvalue weighted by atomic mass is 9.97. The molecule has 0 aliphatic carbocycles. The summed E-state index contributed by atoms with van der Waals surface area (Å²) in [6.45, 7) is 1.69. The van der Waals surface area contributed by atoms with Gasteiger partial charge >= 0.3 is 5.97 Å². The van der Waals surface area contributed by atoms with E-state index in [0.717, 1.165) is 42.9 Å². The van der Waals surface area contributed by atoms with Gasteiger partial charge in [-0.15, -0.1) is 0 Å². The van der Waals surface area contributed by atoms with E-state index in [2.05, 4.69) is 15.5 Å². The van der Waals surface area contributed by atoms with Gasteiger partial charge in [0.2, 0.25) is 5.95 Å². The average Bonchev–Trinajstić information content (AvgIpc) is 2.84. The van der Waals surface area contributed by atoms with E-state index in [4.69, 9.17) is 9.72 Å². The van der Waals surface area contributed by atoms with Crippen molar-refractivity contribution in [3.8, 4) is 0 Å². The molecule has 20 heavy (non-hydrogen) atoms. The fourth-order valence-electron chi connectivity index (χ4n) is 2.90. The van der Waals surface area contributed by atoms with E-state index in [1.807, 2.05) is 25.2 Å². The summed E-state index contributed by atoms with van der Waals surface area (Å²) in [5, 5.41) is 0. The van der Waals surface area contributed by atoms with Crippen LogP contribution >= 0.6 is 0 Å². The van der Waals surface area contributed by atoms with E-state index >= 15 is 0 Å². The number of methoxy groups -OCH3 is 1. The van der Waals surface area contributed by atoms with Crippen molar-refractivity contribution in [2.75, 3.05) is 25.1 Å². The Bertz CT molecular complexity index is 627. The molecule has 0 atom stereocenters. The molecule has 1 aliphatic heterocycles. The maximum atomic E-state index is 11.6. The molecule has 1 aromatic heterocycles. The minimum absolute atomic E-state index is 0.0333. The first-order chi connectivity index (χ1) is 9.70. The van der Waals surface area contributed by atoms with Crippen LogP contribution in [0.1, 0.15) is 12.8 Å². The topological polar surface area (TPSA) is 47.4 Å². The Morgan fingerprint density at radius 2 is 2.00 bits per heavy atom. The average molecular weight is 273 g/mol. The molecular weight excluding hydrogens is 254 g/mol. The smallest absolute Gasteiger partial charge is 0.308 e. The second-order valence-corrected chi connectivity index (χ2v) is 5.24. The molecule has 1 saturated heterocycles. The van der Waals surface area contributed by atoms with Crippen molar-refractivity contribution in [3.63, 3.8) is 0 Å². The Balaban J connectivity index is 1.80. The molecule has 3 rings (SSSR count). The number of hydrogen-bond donors (Lipinski definition) is 0. The van der Waals surface area contributed by atoms with Crippen LogP contribution in [0.2, 0.25) is 0 Å². The van der Waals surface area contributed by atoms with Crippen LogP contribution in [0.4, 0.5) is 5.95 Å². The normalized spacial score (nSPS) is 16.6. The Hall–Kier alpha value is -2.04. The number of aromatic nitrogens is 2. The Labute approximate surface area is 118 Å². The van der Waals surface area contributed by atoms with Crippen molar-refractivity contribution in [1.29, 1.82) is 0 Å². The molecule has 5 nitrogen and oxygen atoms in total. The second-order valence-electron chi connectivity index (χ2n) is 5.24. The SMILES string of the molecule is COC(=O)C1CCN(c2nc3ccccc3n2C)CC1. The van der Waals surface area contributed by atoms with E-state index in [1.165, 1.54) is 7.11 Å². The Kier molecular flexibility index (Phi) is 3.34. The number of nitrogens with zero attached hydrogens (tertiary/aromatic N) is 3. The molecule has 2 heterocycles. The quantitative estimate of drug-likeness (QED) is 0.785. The van der Waals surface area contributed by atoms with Gasteiger partial charge in [-0.2, -0.15) is 0 Å². The van der Waals surface area contributed by atoms with Gasteiger partial charge in [-0.05, 0) is 25.0 Å². The summed E-state index contributed by atoms with van der Waals surface area (Å²) in [6.07, 6.45) is 1.66. The van der Waals surface area contributed by atoms with Gasteiger partial charge in [0.15, 0.2) is 0 Å². The molecule has 5 heteroatoms. The summed E-state index contributed by atoms with van der Waals surface area (Å²) in [7, 11) is 3.50. The van der Waals surface area contributed by atoms with E-state index in [9.17, 15) is 4.79 Å². The van der Waals surface area contributed by atoms with Crippen LogP contribution in [0.15, 0.2) is 24.3 Å². The summed E-state index contributed by atoms with van der Waals surface area (Å²) >= 11 is 0. The van der Waals surface area contributed by atoms with Crippen molar-refractivity contribution in [2.24, 2.45) is 13.0 Å². The van der Waals surface area contributed by atoms with Crippen LogP contribution in [-0.4, -0.2) is 35.7 Å². The minimum Gasteiger partial charge on any atom is -0.469 e. The number of piperidine rings is 1. The van der Waals surface area contributed by atoms with Crippen molar-refractivity contribution < 1.29 is 9.53 Å². The number of carbonyl (C=O) groups excluding carboxylic acids is 1. The number of hydrogen-bond acceptors (Lipinski definition) is 4. The highest BCUT2D eigenvalue weighted by Crippen LogP contribution is 2.26. The van der Waals surface area contributed by atoms with Crippen LogP contribution in [-0.2, 0) is 16.6 Å². The van der Waals surface area contributed by atoms with Crippen molar-refractivity contribution >= 4 is 23.0 Å². The lowest BCUT2D eigenvalue weighted by molar-refractivity contribution is -0.146. The van der Waals surface area contributed by atoms with Gasteiger partial charge < -0.3 is 14.2 Å². The lowest BCUT2D eigenvalue weighted by Crippen LogP contribution is -2.38. The highest BCUT2D eigenvalue weighted by molar-refractivity contribution is 5.78. The molecule has 0 N–H and O–H groups in total. The highest BCUT2D eigenvalue weighted by Gasteiger charge is 2.27. The van der Waals surface area contributed by atoms with Gasteiger partial charge in [-0.3, -0.25) is 4.79 Å². The molecule has 2 aromatic rings. The molecule has 0 amide bonds. The summed E-state index contributed by atoms with van der Waals surface area (Å²) < 4.78 is 6.94. The molecule has 1 fully saturated rings. The number of esters is 1. The fourth-order valence-corrected chi connectivity index (χ4v) is 2.90. The summed E-state index contributed by atoms with van der Waals surface area (Å²) in [5.74, 6) is 0.926. The number of anilines is 1. The first-order valence-corrected chi connectivity index (χ1v) is 6.95. The Morgan fingerprint density at radius 1 is 1.30 bits per heavy atom. The van der Waals surface area contributed by atoms with Crippen LogP contribution in [0, 0.1) is 5.92 Å². The van der Waals surface area contributed by atoms with Gasteiger partial charge in [-0.25, -0.2) is 4.98 Å². The largest absolute Gasteiger partial charge is 0.469 e. The molecule has 0 bridgehead atoms. The maximum Gasteiger partial charge on any atom is 0.308 e. The van der Waals surface area contributed by atoms with Gasteiger partial charge in [0.1, 0.15) is 0 Å². The van der Waals surface area contributed by atoms with E-state index in [-0.39, 0.29) is 11.9 Å². The van der Waals surface area contributed by atoms with Gasteiger partial charge in [0.05, 0.1) is 24.1 Å². The van der Waals surface area contributed by atoms with Crippen LogP contribution in [0.3, 0.4) is 0 Å². The van der Waals surface area contributed by atoms with Crippen molar-refractivity contribution in [2.45, 2.75) is 12.8 Å². The fraction of sp³-hybridized carbons (Fsp3) is 0.467. The molecule has 0 unspecified atom stereocenters. The zero-order valence-electron chi connectivity index (χ0n) is 11.9.